The fourth-order valence-electron chi connectivity index (χ4n) is 1.87. The van der Waals surface area contributed by atoms with E-state index in [1.54, 1.807) is 0 Å². The van der Waals surface area contributed by atoms with Crippen molar-refractivity contribution in [3.63, 3.8) is 0 Å². The Morgan fingerprint density at radius 2 is 2.00 bits per heavy atom. The molecule has 1 atom stereocenters. The minimum absolute atomic E-state index is 0.00941. The maximum Gasteiger partial charge on any atom is 0.157 e. The van der Waals surface area contributed by atoms with Crippen LogP contribution < -0.4 is 5.32 Å². The quantitative estimate of drug-likeness (QED) is 0.706. The van der Waals surface area contributed by atoms with Crippen molar-refractivity contribution >= 4 is 9.84 Å². The molecule has 0 fully saturated rings. The van der Waals surface area contributed by atoms with Gasteiger partial charge in [-0.15, -0.1) is 0 Å². The van der Waals surface area contributed by atoms with Crippen molar-refractivity contribution < 1.29 is 13.5 Å². The van der Waals surface area contributed by atoms with E-state index in [1.807, 2.05) is 38.1 Å². The molecule has 0 aliphatic carbocycles. The number of rotatable bonds is 8. The lowest BCUT2D eigenvalue weighted by atomic mass is 10.1. The van der Waals surface area contributed by atoms with E-state index in [2.05, 4.69) is 5.32 Å². The van der Waals surface area contributed by atoms with Gasteiger partial charge >= 0.3 is 0 Å². The second-order valence-corrected chi connectivity index (χ2v) is 6.95. The van der Waals surface area contributed by atoms with Crippen LogP contribution in [0.15, 0.2) is 24.3 Å². The topological polar surface area (TPSA) is 66.4 Å². The maximum atomic E-state index is 12.0. The van der Waals surface area contributed by atoms with E-state index < -0.39 is 15.9 Å². The summed E-state index contributed by atoms with van der Waals surface area (Å²) < 4.78 is 24.0. The lowest BCUT2D eigenvalue weighted by Gasteiger charge is -2.12. The molecule has 1 rings (SSSR count). The first-order valence-corrected chi connectivity index (χ1v) is 8.40. The van der Waals surface area contributed by atoms with Gasteiger partial charge in [0.2, 0.25) is 0 Å². The fraction of sp³-hybridized carbons (Fsp3) is 0.571. The first kappa shape index (κ1) is 16.1. The van der Waals surface area contributed by atoms with Gasteiger partial charge in [0.25, 0.3) is 0 Å². The molecular weight excluding hydrogens is 262 g/mol. The molecule has 0 heterocycles. The molecular formula is C14H23NO3S. The molecule has 0 saturated heterocycles. The maximum absolute atomic E-state index is 12.0. The van der Waals surface area contributed by atoms with Crippen LogP contribution in [-0.2, 0) is 15.6 Å². The lowest BCUT2D eigenvalue weighted by Crippen LogP contribution is -2.33. The molecule has 1 unspecified atom stereocenters. The third-order valence-electron chi connectivity index (χ3n) is 2.89. The molecule has 1 aromatic rings. The number of hydrogen-bond acceptors (Lipinski definition) is 4. The second-order valence-electron chi connectivity index (χ2n) is 4.84. The minimum Gasteiger partial charge on any atom is -0.391 e. The first-order valence-electron chi connectivity index (χ1n) is 6.58. The summed E-state index contributed by atoms with van der Waals surface area (Å²) in [4.78, 5) is 0. The van der Waals surface area contributed by atoms with Crippen molar-refractivity contribution in [1.29, 1.82) is 0 Å². The van der Waals surface area contributed by atoms with Gasteiger partial charge in [0.1, 0.15) is 0 Å². The van der Waals surface area contributed by atoms with Crippen LogP contribution in [0, 0.1) is 6.92 Å². The van der Waals surface area contributed by atoms with E-state index in [-0.39, 0.29) is 11.5 Å². The van der Waals surface area contributed by atoms with Gasteiger partial charge in [-0.2, -0.15) is 0 Å². The molecule has 0 saturated carbocycles. The first-order chi connectivity index (χ1) is 8.94. The Morgan fingerprint density at radius 3 is 2.63 bits per heavy atom. The van der Waals surface area contributed by atoms with Crippen LogP contribution in [0.2, 0.25) is 0 Å². The second kappa shape index (κ2) is 7.62. The van der Waals surface area contributed by atoms with Gasteiger partial charge in [0.15, 0.2) is 9.84 Å². The van der Waals surface area contributed by atoms with E-state index in [0.29, 0.717) is 6.54 Å². The molecule has 0 bridgehead atoms. The minimum atomic E-state index is -3.28. The molecule has 4 nitrogen and oxygen atoms in total. The molecule has 1 aromatic carbocycles. The Labute approximate surface area is 115 Å². The van der Waals surface area contributed by atoms with Crippen LogP contribution in [-0.4, -0.2) is 38.5 Å². The molecule has 0 aliphatic rings. The van der Waals surface area contributed by atoms with Crippen molar-refractivity contribution in [1.82, 2.24) is 5.32 Å². The highest BCUT2D eigenvalue weighted by molar-refractivity contribution is 7.90. The average Bonchev–Trinajstić information content (AvgIpc) is 2.31. The van der Waals surface area contributed by atoms with E-state index in [1.165, 1.54) is 0 Å². The van der Waals surface area contributed by atoms with Crippen molar-refractivity contribution in [2.45, 2.75) is 32.1 Å². The molecule has 19 heavy (non-hydrogen) atoms. The van der Waals surface area contributed by atoms with Gasteiger partial charge in [-0.1, -0.05) is 31.2 Å². The van der Waals surface area contributed by atoms with Crippen LogP contribution in [0.3, 0.4) is 0 Å². The van der Waals surface area contributed by atoms with Crippen molar-refractivity contribution in [3.8, 4) is 0 Å². The largest absolute Gasteiger partial charge is 0.391 e. The summed E-state index contributed by atoms with van der Waals surface area (Å²) in [5, 5.41) is 12.7. The third kappa shape index (κ3) is 6.18. The number of nitrogens with one attached hydrogen (secondary N) is 1. The van der Waals surface area contributed by atoms with Crippen molar-refractivity contribution in [2.24, 2.45) is 0 Å². The number of aliphatic hydroxyl groups excluding tert-OH is 1. The molecule has 2 N–H and O–H groups in total. The Balaban J connectivity index is 2.55. The smallest absolute Gasteiger partial charge is 0.157 e. The summed E-state index contributed by atoms with van der Waals surface area (Å²) >= 11 is 0. The van der Waals surface area contributed by atoms with Gasteiger partial charge in [0, 0.05) is 6.54 Å². The molecule has 0 aromatic heterocycles. The zero-order valence-electron chi connectivity index (χ0n) is 11.6. The van der Waals surface area contributed by atoms with E-state index >= 15 is 0 Å². The molecule has 0 aliphatic heterocycles. The fourth-order valence-corrected chi connectivity index (χ4v) is 3.49. The predicted octanol–water partition coefficient (Wildman–Crippen LogP) is 1.27. The van der Waals surface area contributed by atoms with Crippen molar-refractivity contribution in [2.75, 3.05) is 18.8 Å². The van der Waals surface area contributed by atoms with Crippen LogP contribution >= 0.6 is 0 Å². The number of hydrogen-bond donors (Lipinski definition) is 2. The lowest BCUT2D eigenvalue weighted by molar-refractivity contribution is 0.194. The molecule has 5 heteroatoms. The van der Waals surface area contributed by atoms with Crippen LogP contribution in [0.4, 0.5) is 0 Å². The number of sulfone groups is 1. The Kier molecular flexibility index (Phi) is 6.48. The Morgan fingerprint density at radius 1 is 1.32 bits per heavy atom. The normalized spacial score (nSPS) is 13.4. The Bertz CT molecular complexity index is 485. The zero-order valence-corrected chi connectivity index (χ0v) is 12.4. The monoisotopic (exact) mass is 285 g/mol. The van der Waals surface area contributed by atoms with E-state index in [0.717, 1.165) is 24.1 Å². The molecule has 0 spiro atoms. The SMILES string of the molecule is CCCNCC(O)CS(=O)(=O)Cc1ccccc1C. The van der Waals surface area contributed by atoms with Gasteiger partial charge < -0.3 is 10.4 Å². The zero-order chi connectivity index (χ0) is 14.3. The highest BCUT2D eigenvalue weighted by atomic mass is 32.2. The van der Waals surface area contributed by atoms with Crippen LogP contribution in [0.25, 0.3) is 0 Å². The summed E-state index contributed by atoms with van der Waals surface area (Å²) in [5.41, 5.74) is 1.76. The van der Waals surface area contributed by atoms with Gasteiger partial charge in [-0.3, -0.25) is 0 Å². The van der Waals surface area contributed by atoms with E-state index in [4.69, 9.17) is 0 Å². The summed E-state index contributed by atoms with van der Waals surface area (Å²) in [5.74, 6) is -0.206. The van der Waals surface area contributed by atoms with Crippen molar-refractivity contribution in [3.05, 3.63) is 35.4 Å². The summed E-state index contributed by atoms with van der Waals surface area (Å²) in [6.45, 7) is 5.02. The van der Waals surface area contributed by atoms with Crippen LogP contribution in [0.5, 0.6) is 0 Å². The van der Waals surface area contributed by atoms with Gasteiger partial charge in [0.05, 0.1) is 17.6 Å². The van der Waals surface area contributed by atoms with Gasteiger partial charge in [-0.05, 0) is 31.0 Å². The number of aryl methyl sites for hydroxylation is 1. The summed E-state index contributed by atoms with van der Waals surface area (Å²) in [6, 6.07) is 7.42. The third-order valence-corrected chi connectivity index (χ3v) is 4.53. The van der Waals surface area contributed by atoms with Crippen LogP contribution in [0.1, 0.15) is 24.5 Å². The summed E-state index contributed by atoms with van der Waals surface area (Å²) in [6.07, 6.45) is 0.114. The molecule has 0 radical (unpaired) electrons. The standard InChI is InChI=1S/C14H23NO3S/c1-3-8-15-9-14(16)11-19(17,18)10-13-7-5-4-6-12(13)2/h4-7,14-16H,3,8-11H2,1-2H3. The van der Waals surface area contributed by atoms with Gasteiger partial charge in [-0.25, -0.2) is 8.42 Å². The molecule has 108 valence electrons. The van der Waals surface area contributed by atoms with E-state index in [9.17, 15) is 13.5 Å². The predicted molar refractivity (Wildman–Crippen MR) is 77.8 cm³/mol. The Hall–Kier alpha value is -0.910. The number of benzene rings is 1. The number of aliphatic hydroxyl groups is 1. The summed E-state index contributed by atoms with van der Waals surface area (Å²) in [7, 11) is -3.28. The average molecular weight is 285 g/mol. The molecule has 0 amide bonds. The highest BCUT2D eigenvalue weighted by Gasteiger charge is 2.18. The highest BCUT2D eigenvalue weighted by Crippen LogP contribution is 2.12.